The summed E-state index contributed by atoms with van der Waals surface area (Å²) in [5, 5.41) is 19.6. The van der Waals surface area contributed by atoms with Crippen molar-refractivity contribution in [2.75, 3.05) is 38.1 Å². The summed E-state index contributed by atoms with van der Waals surface area (Å²) in [4.78, 5) is 17.0. The zero-order valence-electron chi connectivity index (χ0n) is 17.7. The molecular weight excluding hydrogens is 402 g/mol. The minimum Gasteiger partial charge on any atom is -0.506 e. The van der Waals surface area contributed by atoms with Crippen molar-refractivity contribution in [3.63, 3.8) is 0 Å². The minimum atomic E-state index is 0.115. The van der Waals surface area contributed by atoms with Crippen molar-refractivity contribution < 1.29 is 5.11 Å². The third-order valence-corrected chi connectivity index (χ3v) is 6.21. The van der Waals surface area contributed by atoms with Crippen LogP contribution in [0.4, 0.5) is 5.69 Å². The number of anilines is 1. The molecule has 4 aromatic heterocycles. The molecule has 6 rings (SSSR count). The summed E-state index contributed by atoms with van der Waals surface area (Å²) in [6.07, 6.45) is 4.87. The normalized spacial score (nSPS) is 15.1. The Morgan fingerprint density at radius 3 is 2.66 bits per heavy atom. The number of fused-ring (bicyclic) bond motifs is 2. The number of nitrogens with one attached hydrogen (secondary N) is 2. The second-order valence-electron chi connectivity index (χ2n) is 8.33. The summed E-state index contributed by atoms with van der Waals surface area (Å²) in [5.74, 6) is 0.115. The number of benzene rings is 1. The number of piperazine rings is 1. The molecule has 0 atom stereocenters. The highest BCUT2D eigenvalue weighted by Gasteiger charge is 2.19. The van der Waals surface area contributed by atoms with Gasteiger partial charge in [0.25, 0.3) is 0 Å². The van der Waals surface area contributed by atoms with Crippen molar-refractivity contribution in [2.24, 2.45) is 0 Å². The molecule has 8 heteroatoms. The van der Waals surface area contributed by atoms with Gasteiger partial charge < -0.3 is 19.9 Å². The van der Waals surface area contributed by atoms with Gasteiger partial charge in [-0.1, -0.05) is 6.07 Å². The molecular formula is C24H23N7O. The first-order valence-corrected chi connectivity index (χ1v) is 10.7. The van der Waals surface area contributed by atoms with Crippen LogP contribution in [0.5, 0.6) is 5.75 Å². The van der Waals surface area contributed by atoms with Gasteiger partial charge in [-0.25, -0.2) is 0 Å². The van der Waals surface area contributed by atoms with Crippen LogP contribution in [-0.4, -0.2) is 68.4 Å². The summed E-state index contributed by atoms with van der Waals surface area (Å²) < 4.78 is 0. The fourth-order valence-electron chi connectivity index (χ4n) is 4.44. The number of aromatic hydroxyl groups is 1. The smallest absolute Gasteiger partial charge is 0.134 e. The summed E-state index contributed by atoms with van der Waals surface area (Å²) >= 11 is 0. The molecule has 5 heterocycles. The molecule has 0 aliphatic carbocycles. The average Bonchev–Trinajstić information content (AvgIpc) is 3.43. The van der Waals surface area contributed by atoms with Crippen LogP contribution in [0.1, 0.15) is 0 Å². The molecule has 5 aromatic rings. The van der Waals surface area contributed by atoms with Crippen LogP contribution in [0.15, 0.2) is 55.0 Å². The lowest BCUT2D eigenvalue weighted by molar-refractivity contribution is 0.313. The monoisotopic (exact) mass is 425 g/mol. The molecule has 1 aliphatic rings. The molecule has 1 aromatic carbocycles. The molecule has 0 saturated carbocycles. The lowest BCUT2D eigenvalue weighted by Gasteiger charge is -2.34. The molecule has 32 heavy (non-hydrogen) atoms. The minimum absolute atomic E-state index is 0.115. The number of H-pyrrole nitrogens is 2. The Hall–Kier alpha value is -3.91. The highest BCUT2D eigenvalue weighted by atomic mass is 16.3. The van der Waals surface area contributed by atoms with Crippen LogP contribution in [0.25, 0.3) is 44.5 Å². The molecule has 1 aliphatic heterocycles. The van der Waals surface area contributed by atoms with Crippen LogP contribution in [0, 0.1) is 0 Å². The van der Waals surface area contributed by atoms with E-state index in [4.69, 9.17) is 0 Å². The fraction of sp³-hybridized carbons (Fsp3) is 0.208. The van der Waals surface area contributed by atoms with Gasteiger partial charge in [0.05, 0.1) is 29.3 Å². The Morgan fingerprint density at radius 2 is 1.81 bits per heavy atom. The molecule has 0 radical (unpaired) electrons. The van der Waals surface area contributed by atoms with Gasteiger partial charge in [-0.05, 0) is 37.4 Å². The summed E-state index contributed by atoms with van der Waals surface area (Å²) in [6.45, 7) is 4.18. The lowest BCUT2D eigenvalue weighted by Crippen LogP contribution is -2.44. The van der Waals surface area contributed by atoms with E-state index in [1.807, 2.05) is 6.07 Å². The largest absolute Gasteiger partial charge is 0.506 e. The van der Waals surface area contributed by atoms with Crippen LogP contribution in [0.2, 0.25) is 0 Å². The van der Waals surface area contributed by atoms with Crippen LogP contribution in [-0.2, 0) is 0 Å². The Balaban J connectivity index is 1.44. The van der Waals surface area contributed by atoms with Crippen LogP contribution >= 0.6 is 0 Å². The number of hydrogen-bond donors (Lipinski definition) is 3. The van der Waals surface area contributed by atoms with Crippen molar-refractivity contribution in [3.05, 3.63) is 55.0 Å². The zero-order chi connectivity index (χ0) is 21.7. The van der Waals surface area contributed by atoms with Crippen molar-refractivity contribution in [1.29, 1.82) is 0 Å². The number of pyridine rings is 2. The molecule has 0 unspecified atom stereocenters. The van der Waals surface area contributed by atoms with Crippen molar-refractivity contribution in [2.45, 2.75) is 0 Å². The summed E-state index contributed by atoms with van der Waals surface area (Å²) in [6, 6.07) is 12.2. The first kappa shape index (κ1) is 18.8. The first-order valence-electron chi connectivity index (χ1n) is 10.7. The van der Waals surface area contributed by atoms with E-state index in [1.54, 1.807) is 18.5 Å². The second kappa shape index (κ2) is 7.35. The van der Waals surface area contributed by atoms with E-state index in [1.165, 1.54) is 17.3 Å². The molecule has 160 valence electrons. The molecule has 0 bridgehead atoms. The van der Waals surface area contributed by atoms with E-state index < -0.39 is 0 Å². The van der Waals surface area contributed by atoms with Crippen molar-refractivity contribution >= 4 is 27.5 Å². The number of rotatable bonds is 3. The quantitative estimate of drug-likeness (QED) is 0.409. The zero-order valence-corrected chi connectivity index (χ0v) is 17.7. The van der Waals surface area contributed by atoms with Crippen molar-refractivity contribution in [1.82, 2.24) is 30.0 Å². The van der Waals surface area contributed by atoms with Gasteiger partial charge in [-0.3, -0.25) is 15.1 Å². The number of likely N-dealkylation sites (N-methyl/N-ethyl adjacent to an activating group) is 1. The van der Waals surface area contributed by atoms with Gasteiger partial charge in [-0.15, -0.1) is 0 Å². The molecule has 3 N–H and O–H groups in total. The topological polar surface area (TPSA) is 97.0 Å². The fourth-order valence-corrected chi connectivity index (χ4v) is 4.44. The maximum Gasteiger partial charge on any atom is 0.134 e. The Bertz CT molecular complexity index is 1430. The predicted molar refractivity (Wildman–Crippen MR) is 126 cm³/mol. The van der Waals surface area contributed by atoms with Gasteiger partial charge >= 0.3 is 0 Å². The van der Waals surface area contributed by atoms with E-state index >= 15 is 0 Å². The van der Waals surface area contributed by atoms with E-state index in [-0.39, 0.29) is 5.75 Å². The van der Waals surface area contributed by atoms with Crippen molar-refractivity contribution in [3.8, 4) is 28.4 Å². The number of nitrogens with zero attached hydrogens (tertiary/aromatic N) is 5. The van der Waals surface area contributed by atoms with E-state index in [0.717, 1.165) is 65.2 Å². The standard InChI is InChI=1S/C24H23N7O/c1-30-5-7-31(8-6-30)23-4-2-3-19-17(23)10-21(27-19)24-18-11-20(26-14-22(18)28-29-24)15-9-16(32)13-25-12-15/h2-4,9-14,27,32H,5-8H2,1H3,(H,28,29). The first-order chi connectivity index (χ1) is 15.7. The third-order valence-electron chi connectivity index (χ3n) is 6.21. The second-order valence-corrected chi connectivity index (χ2v) is 8.33. The van der Waals surface area contributed by atoms with E-state index in [2.05, 4.69) is 66.3 Å². The number of aromatic nitrogens is 5. The summed E-state index contributed by atoms with van der Waals surface area (Å²) in [5.41, 5.74) is 6.50. The van der Waals surface area contributed by atoms with Gasteiger partial charge in [0.1, 0.15) is 11.4 Å². The predicted octanol–water partition coefficient (Wildman–Crippen LogP) is 3.63. The Kier molecular flexibility index (Phi) is 4.32. The highest BCUT2D eigenvalue weighted by molar-refractivity contribution is 6.00. The van der Waals surface area contributed by atoms with E-state index in [0.29, 0.717) is 0 Å². The highest BCUT2D eigenvalue weighted by Crippen LogP contribution is 2.34. The molecule has 0 amide bonds. The number of hydrogen-bond acceptors (Lipinski definition) is 6. The molecule has 0 spiro atoms. The van der Waals surface area contributed by atoms with E-state index in [9.17, 15) is 5.11 Å². The third kappa shape index (κ3) is 3.16. The SMILES string of the molecule is CN1CCN(c2cccc3[nH]c(-c4n[nH]c5cnc(-c6cncc(O)c6)cc45)cc23)CC1. The van der Waals surface area contributed by atoms with Crippen LogP contribution < -0.4 is 4.90 Å². The van der Waals surface area contributed by atoms with Gasteiger partial charge in [0, 0.05) is 59.9 Å². The molecule has 1 saturated heterocycles. The van der Waals surface area contributed by atoms with Gasteiger partial charge in [0.2, 0.25) is 0 Å². The number of aromatic amines is 2. The average molecular weight is 425 g/mol. The molecule has 8 nitrogen and oxygen atoms in total. The maximum absolute atomic E-state index is 9.79. The van der Waals surface area contributed by atoms with Gasteiger partial charge in [0.15, 0.2) is 0 Å². The van der Waals surface area contributed by atoms with Gasteiger partial charge in [-0.2, -0.15) is 5.10 Å². The van der Waals surface area contributed by atoms with Crippen LogP contribution in [0.3, 0.4) is 0 Å². The Morgan fingerprint density at radius 1 is 0.938 bits per heavy atom. The summed E-state index contributed by atoms with van der Waals surface area (Å²) in [7, 11) is 2.17. The lowest BCUT2D eigenvalue weighted by atomic mass is 10.1. The maximum atomic E-state index is 9.79. The Labute approximate surface area is 184 Å². The molecule has 1 fully saturated rings.